The molecule has 3 aromatic rings. The fourth-order valence-corrected chi connectivity index (χ4v) is 3.69. The Labute approximate surface area is 168 Å². The summed E-state index contributed by atoms with van der Waals surface area (Å²) in [4.78, 5) is 14.6. The van der Waals surface area contributed by atoms with E-state index in [-0.39, 0.29) is 11.8 Å². The second kappa shape index (κ2) is 7.79. The van der Waals surface area contributed by atoms with Gasteiger partial charge in [0, 0.05) is 23.3 Å². The molecule has 28 heavy (non-hydrogen) atoms. The number of aromatic hydroxyl groups is 1. The summed E-state index contributed by atoms with van der Waals surface area (Å²) in [6.45, 7) is 0.456. The van der Waals surface area contributed by atoms with Crippen molar-refractivity contribution in [2.45, 2.75) is 12.6 Å². The van der Waals surface area contributed by atoms with Gasteiger partial charge in [-0.2, -0.15) is 0 Å². The van der Waals surface area contributed by atoms with Crippen molar-refractivity contribution in [1.82, 2.24) is 10.2 Å². The van der Waals surface area contributed by atoms with E-state index in [2.05, 4.69) is 5.32 Å². The average Bonchev–Trinajstić information content (AvgIpc) is 3.10. The van der Waals surface area contributed by atoms with Crippen LogP contribution in [-0.2, 0) is 6.54 Å². The Hall–Kier alpha value is -3.24. The summed E-state index contributed by atoms with van der Waals surface area (Å²) < 4.78 is 0. The van der Waals surface area contributed by atoms with Crippen molar-refractivity contribution in [2.75, 3.05) is 0 Å². The van der Waals surface area contributed by atoms with Gasteiger partial charge in [-0.15, -0.1) is 0 Å². The molecule has 0 fully saturated rings. The van der Waals surface area contributed by atoms with Gasteiger partial charge in [-0.25, -0.2) is 4.79 Å². The van der Waals surface area contributed by atoms with E-state index in [4.69, 9.17) is 11.6 Å². The molecular weight excluding hydrogens is 372 g/mol. The van der Waals surface area contributed by atoms with Gasteiger partial charge in [-0.1, -0.05) is 66.2 Å². The predicted molar refractivity (Wildman–Crippen MR) is 111 cm³/mol. The highest BCUT2D eigenvalue weighted by Crippen LogP contribution is 2.42. The molecule has 0 aliphatic carbocycles. The van der Waals surface area contributed by atoms with Crippen LogP contribution < -0.4 is 5.32 Å². The molecule has 0 aromatic heterocycles. The maximum absolute atomic E-state index is 12.9. The smallest absolute Gasteiger partial charge is 0.322 e. The maximum Gasteiger partial charge on any atom is 0.322 e. The van der Waals surface area contributed by atoms with Crippen LogP contribution in [0.15, 0.2) is 79.0 Å². The minimum Gasteiger partial charge on any atom is -0.508 e. The minimum atomic E-state index is -0.403. The molecule has 3 aromatic carbocycles. The largest absolute Gasteiger partial charge is 0.508 e. The van der Waals surface area contributed by atoms with E-state index in [1.54, 1.807) is 29.3 Å². The normalized spacial score (nSPS) is 15.6. The van der Waals surface area contributed by atoms with E-state index in [1.165, 1.54) is 0 Å². The van der Waals surface area contributed by atoms with Crippen molar-refractivity contribution in [3.05, 3.63) is 106 Å². The molecule has 5 heteroatoms. The van der Waals surface area contributed by atoms with Crippen LogP contribution in [0.3, 0.4) is 0 Å². The van der Waals surface area contributed by atoms with Crippen LogP contribution in [0.4, 0.5) is 4.79 Å². The fraction of sp³-hybridized carbons (Fsp3) is 0.0870. The van der Waals surface area contributed by atoms with Crippen molar-refractivity contribution < 1.29 is 9.90 Å². The third-order valence-corrected chi connectivity index (χ3v) is 5.06. The average molecular weight is 391 g/mol. The van der Waals surface area contributed by atoms with Gasteiger partial charge in [-0.3, -0.25) is 0 Å². The van der Waals surface area contributed by atoms with Gasteiger partial charge in [0.05, 0.1) is 6.04 Å². The van der Waals surface area contributed by atoms with E-state index in [1.807, 2.05) is 60.7 Å². The van der Waals surface area contributed by atoms with Crippen LogP contribution in [-0.4, -0.2) is 16.0 Å². The lowest BCUT2D eigenvalue weighted by molar-refractivity contribution is 0.192. The van der Waals surface area contributed by atoms with E-state index in [9.17, 15) is 9.90 Å². The minimum absolute atomic E-state index is 0.115. The van der Waals surface area contributed by atoms with Crippen molar-refractivity contribution in [3.63, 3.8) is 0 Å². The molecule has 1 heterocycles. The monoisotopic (exact) mass is 390 g/mol. The molecule has 4 rings (SSSR count). The first-order valence-corrected chi connectivity index (χ1v) is 9.36. The van der Waals surface area contributed by atoms with Crippen molar-refractivity contribution in [2.24, 2.45) is 0 Å². The number of halogens is 1. The number of nitrogens with zero attached hydrogens (tertiary/aromatic N) is 1. The van der Waals surface area contributed by atoms with Crippen LogP contribution in [0.1, 0.15) is 28.3 Å². The number of fused-ring (bicyclic) bond motifs is 1. The summed E-state index contributed by atoms with van der Waals surface area (Å²) in [6.07, 6.45) is 3.47. The number of rotatable bonds is 3. The Bertz CT molecular complexity index is 1030. The third-order valence-electron chi connectivity index (χ3n) is 4.83. The highest BCUT2D eigenvalue weighted by atomic mass is 35.5. The Balaban J connectivity index is 1.63. The molecule has 1 aliphatic heterocycles. The fourth-order valence-electron chi connectivity index (χ4n) is 3.51. The van der Waals surface area contributed by atoms with Crippen molar-refractivity contribution in [1.29, 1.82) is 0 Å². The van der Waals surface area contributed by atoms with Crippen LogP contribution in [0.5, 0.6) is 5.75 Å². The third kappa shape index (κ3) is 3.59. The number of urea groups is 1. The molecule has 0 radical (unpaired) electrons. The van der Waals surface area contributed by atoms with Crippen LogP contribution >= 0.6 is 11.6 Å². The van der Waals surface area contributed by atoms with Gasteiger partial charge in [0.1, 0.15) is 5.75 Å². The summed E-state index contributed by atoms with van der Waals surface area (Å²) in [7, 11) is 0. The van der Waals surface area contributed by atoms with Crippen LogP contribution in [0.25, 0.3) is 6.08 Å². The van der Waals surface area contributed by atoms with Gasteiger partial charge >= 0.3 is 6.03 Å². The molecule has 1 unspecified atom stereocenters. The van der Waals surface area contributed by atoms with Crippen LogP contribution in [0, 0.1) is 0 Å². The molecule has 1 aliphatic rings. The van der Waals surface area contributed by atoms with Crippen LogP contribution in [0.2, 0.25) is 5.02 Å². The molecule has 0 bridgehead atoms. The second-order valence-corrected chi connectivity index (χ2v) is 7.06. The lowest BCUT2D eigenvalue weighted by Crippen LogP contribution is -2.36. The highest BCUT2D eigenvalue weighted by molar-refractivity contribution is 6.30. The first-order chi connectivity index (χ1) is 13.6. The number of hydrogen-bond donors (Lipinski definition) is 2. The second-order valence-electron chi connectivity index (χ2n) is 6.63. The predicted octanol–water partition coefficient (Wildman–Crippen LogP) is 5.33. The number of hydrogen-bond acceptors (Lipinski definition) is 2. The van der Waals surface area contributed by atoms with E-state index in [0.29, 0.717) is 17.1 Å². The zero-order valence-electron chi connectivity index (χ0n) is 15.0. The van der Waals surface area contributed by atoms with Gasteiger partial charge in [0.2, 0.25) is 0 Å². The lowest BCUT2D eigenvalue weighted by atomic mass is 9.97. The molecule has 0 spiro atoms. The molecule has 4 nitrogen and oxygen atoms in total. The quantitative estimate of drug-likeness (QED) is 0.635. The number of amides is 2. The summed E-state index contributed by atoms with van der Waals surface area (Å²) >= 11 is 6.16. The van der Waals surface area contributed by atoms with Crippen molar-refractivity contribution >= 4 is 23.7 Å². The molecule has 2 amide bonds. The molecule has 140 valence electrons. The standard InChI is InChI=1S/C23H19ClN2O2/c24-18-10-11-21(27)20(14-18)22-19-9-5-4-8-17(19)15-26(22)23(28)25-13-12-16-6-2-1-3-7-16/h1-14,22,27H,15H2,(H,25,28). The maximum atomic E-state index is 12.9. The first-order valence-electron chi connectivity index (χ1n) is 8.98. The summed E-state index contributed by atoms with van der Waals surface area (Å²) in [6, 6.07) is 21.9. The molecule has 0 saturated heterocycles. The zero-order chi connectivity index (χ0) is 19.5. The molecule has 0 saturated carbocycles. The molecule has 2 N–H and O–H groups in total. The Morgan fingerprint density at radius 2 is 1.79 bits per heavy atom. The molecule has 1 atom stereocenters. The van der Waals surface area contributed by atoms with E-state index in [0.717, 1.165) is 16.7 Å². The number of benzene rings is 3. The SMILES string of the molecule is O=C(NC=Cc1ccccc1)N1Cc2ccccc2C1c1cc(Cl)ccc1O. The number of phenols is 1. The van der Waals surface area contributed by atoms with Gasteiger partial charge in [0.15, 0.2) is 0 Å². The summed E-state index contributed by atoms with van der Waals surface area (Å²) in [5, 5.41) is 13.8. The number of nitrogens with one attached hydrogen (secondary N) is 1. The Morgan fingerprint density at radius 3 is 2.61 bits per heavy atom. The van der Waals surface area contributed by atoms with E-state index < -0.39 is 6.04 Å². The number of carbonyl (C=O) groups excluding carboxylic acids is 1. The number of carbonyl (C=O) groups is 1. The number of phenolic OH excluding ortho intramolecular Hbond substituents is 1. The summed E-state index contributed by atoms with van der Waals surface area (Å²) in [5.41, 5.74) is 3.65. The molecular formula is C23H19ClN2O2. The lowest BCUT2D eigenvalue weighted by Gasteiger charge is -2.26. The topological polar surface area (TPSA) is 52.6 Å². The Morgan fingerprint density at radius 1 is 1.04 bits per heavy atom. The highest BCUT2D eigenvalue weighted by Gasteiger charge is 2.35. The van der Waals surface area contributed by atoms with Crippen molar-refractivity contribution in [3.8, 4) is 5.75 Å². The van der Waals surface area contributed by atoms with Gasteiger partial charge < -0.3 is 15.3 Å². The zero-order valence-corrected chi connectivity index (χ0v) is 15.8. The van der Waals surface area contributed by atoms with Gasteiger partial charge in [0.25, 0.3) is 0 Å². The van der Waals surface area contributed by atoms with Gasteiger partial charge in [-0.05, 0) is 41.0 Å². The first kappa shape index (κ1) is 18.1. The van der Waals surface area contributed by atoms with E-state index >= 15 is 0 Å². The summed E-state index contributed by atoms with van der Waals surface area (Å²) in [5.74, 6) is 0.115. The Kier molecular flexibility index (Phi) is 5.04.